The van der Waals surface area contributed by atoms with Crippen LogP contribution in [-0.2, 0) is 17.8 Å². The van der Waals surface area contributed by atoms with Gasteiger partial charge in [-0.15, -0.1) is 0 Å². The van der Waals surface area contributed by atoms with Gasteiger partial charge in [0.2, 0.25) is 0 Å². The van der Waals surface area contributed by atoms with Crippen molar-refractivity contribution < 1.29 is 9.13 Å². The fourth-order valence-electron chi connectivity index (χ4n) is 3.31. The van der Waals surface area contributed by atoms with E-state index in [4.69, 9.17) is 4.74 Å². The second-order valence-corrected chi connectivity index (χ2v) is 6.58. The summed E-state index contributed by atoms with van der Waals surface area (Å²) in [5.41, 5.74) is 0.705. The molecule has 0 unspecified atom stereocenters. The van der Waals surface area contributed by atoms with Gasteiger partial charge in [-0.3, -0.25) is 9.36 Å². The number of nitrogens with zero attached hydrogens (tertiary/aromatic N) is 4. The van der Waals surface area contributed by atoms with Crippen molar-refractivity contribution in [3.63, 3.8) is 0 Å². The van der Waals surface area contributed by atoms with Crippen molar-refractivity contribution >= 4 is 11.2 Å². The normalized spacial score (nSPS) is 11.2. The van der Waals surface area contributed by atoms with Gasteiger partial charge in [-0.1, -0.05) is 36.4 Å². The first-order chi connectivity index (χ1) is 14.1. The average molecular weight is 394 g/mol. The number of ether oxygens (including phenoxy) is 1. The van der Waals surface area contributed by atoms with Crippen LogP contribution in [0, 0.1) is 5.82 Å². The van der Waals surface area contributed by atoms with Gasteiger partial charge in [0, 0.05) is 13.7 Å². The van der Waals surface area contributed by atoms with Crippen LogP contribution in [0.3, 0.4) is 0 Å². The standard InChI is InChI=1S/C21H19FN4O3/c1-29-11-10-25-20(27)18-19(23-14-24(18)13-15-6-3-2-4-7-15)26(21(25)28)17-9-5-8-16(22)12-17/h2-9,12,14H,10-11,13H2,1H3. The highest BCUT2D eigenvalue weighted by molar-refractivity contribution is 5.72. The van der Waals surface area contributed by atoms with E-state index in [1.54, 1.807) is 10.6 Å². The zero-order valence-corrected chi connectivity index (χ0v) is 15.8. The first-order valence-corrected chi connectivity index (χ1v) is 9.09. The van der Waals surface area contributed by atoms with E-state index in [9.17, 15) is 14.0 Å². The van der Waals surface area contributed by atoms with Crippen LogP contribution in [0.15, 0.2) is 70.5 Å². The van der Waals surface area contributed by atoms with E-state index in [1.165, 1.54) is 36.2 Å². The number of hydrogen-bond acceptors (Lipinski definition) is 4. The summed E-state index contributed by atoms with van der Waals surface area (Å²) in [6.45, 7) is 0.685. The van der Waals surface area contributed by atoms with Crippen molar-refractivity contribution in [3.8, 4) is 5.69 Å². The van der Waals surface area contributed by atoms with Crippen molar-refractivity contribution in [1.29, 1.82) is 0 Å². The SMILES string of the molecule is COCCn1c(=O)c2c(ncn2Cc2ccccc2)n(-c2cccc(F)c2)c1=O. The number of hydrogen-bond donors (Lipinski definition) is 0. The maximum absolute atomic E-state index is 13.8. The number of benzene rings is 2. The monoisotopic (exact) mass is 394 g/mol. The Bertz CT molecular complexity index is 1270. The van der Waals surface area contributed by atoms with Gasteiger partial charge in [0.05, 0.1) is 25.2 Å². The van der Waals surface area contributed by atoms with Crippen molar-refractivity contribution in [2.24, 2.45) is 0 Å². The maximum Gasteiger partial charge on any atom is 0.337 e. The fraction of sp³-hybridized carbons (Fsp3) is 0.190. The molecule has 148 valence electrons. The largest absolute Gasteiger partial charge is 0.383 e. The van der Waals surface area contributed by atoms with Crippen LogP contribution in [0.1, 0.15) is 5.56 Å². The van der Waals surface area contributed by atoms with Gasteiger partial charge in [0.25, 0.3) is 5.56 Å². The summed E-state index contributed by atoms with van der Waals surface area (Å²) in [6.07, 6.45) is 1.52. The lowest BCUT2D eigenvalue weighted by atomic mass is 10.2. The molecule has 0 bridgehead atoms. The highest BCUT2D eigenvalue weighted by Gasteiger charge is 2.19. The van der Waals surface area contributed by atoms with Crippen LogP contribution in [0.2, 0.25) is 0 Å². The van der Waals surface area contributed by atoms with Crippen LogP contribution in [0.25, 0.3) is 16.9 Å². The molecular formula is C21H19FN4O3. The molecule has 29 heavy (non-hydrogen) atoms. The molecule has 0 saturated heterocycles. The first-order valence-electron chi connectivity index (χ1n) is 9.09. The van der Waals surface area contributed by atoms with Crippen LogP contribution in [-0.4, -0.2) is 32.4 Å². The van der Waals surface area contributed by atoms with E-state index in [0.29, 0.717) is 12.2 Å². The molecule has 8 heteroatoms. The predicted molar refractivity (Wildman–Crippen MR) is 107 cm³/mol. The highest BCUT2D eigenvalue weighted by Crippen LogP contribution is 2.15. The minimum atomic E-state index is -0.588. The van der Waals surface area contributed by atoms with E-state index in [1.807, 2.05) is 30.3 Å². The van der Waals surface area contributed by atoms with Crippen molar-refractivity contribution in [2.75, 3.05) is 13.7 Å². The number of fused-ring (bicyclic) bond motifs is 1. The van der Waals surface area contributed by atoms with Crippen molar-refractivity contribution in [1.82, 2.24) is 18.7 Å². The molecule has 0 fully saturated rings. The second kappa shape index (κ2) is 7.84. The van der Waals surface area contributed by atoms with Crippen LogP contribution < -0.4 is 11.2 Å². The molecule has 4 aromatic rings. The number of halogens is 1. The fourth-order valence-corrected chi connectivity index (χ4v) is 3.31. The van der Waals surface area contributed by atoms with Gasteiger partial charge in [-0.2, -0.15) is 0 Å². The summed E-state index contributed by atoms with van der Waals surface area (Å²) in [7, 11) is 1.49. The Labute approximate surface area is 165 Å². The van der Waals surface area contributed by atoms with Crippen LogP contribution in [0.4, 0.5) is 4.39 Å². The van der Waals surface area contributed by atoms with E-state index in [-0.39, 0.29) is 24.3 Å². The van der Waals surface area contributed by atoms with E-state index in [2.05, 4.69) is 4.98 Å². The second-order valence-electron chi connectivity index (χ2n) is 6.58. The molecule has 0 aliphatic heterocycles. The van der Waals surface area contributed by atoms with E-state index >= 15 is 0 Å². The molecule has 0 amide bonds. The molecule has 2 aromatic heterocycles. The van der Waals surface area contributed by atoms with Gasteiger partial charge < -0.3 is 9.30 Å². The number of rotatable bonds is 6. The minimum absolute atomic E-state index is 0.0793. The third kappa shape index (κ3) is 3.50. The Morgan fingerprint density at radius 1 is 1.07 bits per heavy atom. The summed E-state index contributed by atoms with van der Waals surface area (Å²) in [5, 5.41) is 0. The first kappa shape index (κ1) is 18.8. The molecule has 0 atom stereocenters. The smallest absolute Gasteiger partial charge is 0.337 e. The van der Waals surface area contributed by atoms with Crippen molar-refractivity contribution in [2.45, 2.75) is 13.1 Å². The summed E-state index contributed by atoms with van der Waals surface area (Å²) in [5.74, 6) is -0.485. The van der Waals surface area contributed by atoms with Gasteiger partial charge in [-0.25, -0.2) is 18.7 Å². The lowest BCUT2D eigenvalue weighted by Crippen LogP contribution is -2.41. The molecule has 0 aliphatic carbocycles. The van der Waals surface area contributed by atoms with Gasteiger partial charge in [-0.05, 0) is 23.8 Å². The molecular weight excluding hydrogens is 375 g/mol. The lowest BCUT2D eigenvalue weighted by Gasteiger charge is -2.12. The molecule has 0 saturated carbocycles. The van der Waals surface area contributed by atoms with Crippen LogP contribution in [0.5, 0.6) is 0 Å². The molecule has 4 rings (SSSR count). The zero-order chi connectivity index (χ0) is 20.4. The van der Waals surface area contributed by atoms with Crippen LogP contribution >= 0.6 is 0 Å². The summed E-state index contributed by atoms with van der Waals surface area (Å²) < 4.78 is 22.9. The molecule has 2 heterocycles. The maximum atomic E-state index is 13.8. The quantitative estimate of drug-likeness (QED) is 0.503. The molecule has 0 N–H and O–H groups in total. The van der Waals surface area contributed by atoms with Crippen molar-refractivity contribution in [3.05, 3.63) is 93.1 Å². The molecule has 0 spiro atoms. The third-order valence-corrected chi connectivity index (χ3v) is 4.68. The Balaban J connectivity index is 1.99. The molecule has 0 radical (unpaired) electrons. The topological polar surface area (TPSA) is 71.1 Å². The Kier molecular flexibility index (Phi) is 5.09. The van der Waals surface area contributed by atoms with Gasteiger partial charge in [0.15, 0.2) is 11.2 Å². The Morgan fingerprint density at radius 2 is 1.86 bits per heavy atom. The number of aromatic nitrogens is 4. The predicted octanol–water partition coefficient (Wildman–Crippen LogP) is 2.18. The van der Waals surface area contributed by atoms with Gasteiger partial charge in [0.1, 0.15) is 5.82 Å². The average Bonchev–Trinajstić information content (AvgIpc) is 3.12. The third-order valence-electron chi connectivity index (χ3n) is 4.68. The Hall–Kier alpha value is -3.52. The minimum Gasteiger partial charge on any atom is -0.383 e. The molecule has 2 aromatic carbocycles. The Morgan fingerprint density at radius 3 is 2.59 bits per heavy atom. The lowest BCUT2D eigenvalue weighted by molar-refractivity contribution is 0.184. The molecule has 7 nitrogen and oxygen atoms in total. The van der Waals surface area contributed by atoms with E-state index in [0.717, 1.165) is 10.1 Å². The molecule has 0 aliphatic rings. The van der Waals surface area contributed by atoms with Gasteiger partial charge >= 0.3 is 5.69 Å². The van der Waals surface area contributed by atoms with E-state index < -0.39 is 17.1 Å². The summed E-state index contributed by atoms with van der Waals surface area (Å²) in [4.78, 5) is 30.5. The summed E-state index contributed by atoms with van der Waals surface area (Å²) >= 11 is 0. The number of imidazole rings is 1. The number of methoxy groups -OCH3 is 1. The summed E-state index contributed by atoms with van der Waals surface area (Å²) in [6, 6.07) is 15.3. The zero-order valence-electron chi connectivity index (χ0n) is 15.8. The highest BCUT2D eigenvalue weighted by atomic mass is 19.1.